The first-order valence-corrected chi connectivity index (χ1v) is 11.6. The van der Waals surface area contributed by atoms with Gasteiger partial charge < -0.3 is 9.15 Å². The van der Waals surface area contributed by atoms with Crippen LogP contribution in [0.2, 0.25) is 0 Å². The Bertz CT molecular complexity index is 1140. The minimum atomic E-state index is -0.347. The monoisotopic (exact) mass is 451 g/mol. The maximum absolute atomic E-state index is 11.6. The molecule has 0 aliphatic carbocycles. The molecule has 0 aliphatic heterocycles. The van der Waals surface area contributed by atoms with Crippen LogP contribution in [-0.2, 0) is 16.9 Å². The summed E-state index contributed by atoms with van der Waals surface area (Å²) < 4.78 is 10.5. The number of thioether (sulfide) groups is 1. The third kappa shape index (κ3) is 5.39. The summed E-state index contributed by atoms with van der Waals surface area (Å²) in [6, 6.07) is 17.5. The summed E-state index contributed by atoms with van der Waals surface area (Å²) in [4.78, 5) is 16.2. The van der Waals surface area contributed by atoms with E-state index in [2.05, 4.69) is 34.2 Å². The van der Waals surface area contributed by atoms with E-state index < -0.39 is 0 Å². The number of esters is 1. The number of rotatable bonds is 8. The van der Waals surface area contributed by atoms with Crippen molar-refractivity contribution in [2.45, 2.75) is 30.2 Å². The highest BCUT2D eigenvalue weighted by Gasteiger charge is 2.14. The number of carbonyl (C=O) groups is 1. The van der Waals surface area contributed by atoms with E-state index in [1.54, 1.807) is 23.5 Å². The second-order valence-electron chi connectivity index (χ2n) is 6.98. The highest BCUT2D eigenvalue weighted by Crippen LogP contribution is 2.28. The minimum Gasteiger partial charge on any atom is -0.465 e. The molecule has 2 aromatic heterocycles. The molecule has 0 amide bonds. The van der Waals surface area contributed by atoms with Gasteiger partial charge in [0.1, 0.15) is 5.01 Å². The molecule has 0 radical (unpaired) electrons. The van der Waals surface area contributed by atoms with Gasteiger partial charge in [0.2, 0.25) is 5.89 Å². The van der Waals surface area contributed by atoms with Crippen molar-refractivity contribution in [2.75, 3.05) is 7.11 Å². The Morgan fingerprint density at radius 1 is 1.13 bits per heavy atom. The Kier molecular flexibility index (Phi) is 6.79. The molecule has 8 heteroatoms. The molecule has 0 N–H and O–H groups in total. The SMILES string of the molecule is COC(=O)c1ccc(-c2nc(CSc3nnc(CC(C)c4ccccc4)o3)cs2)cc1. The van der Waals surface area contributed by atoms with Crippen molar-refractivity contribution in [1.29, 1.82) is 0 Å². The summed E-state index contributed by atoms with van der Waals surface area (Å²) >= 11 is 3.04. The molecule has 4 rings (SSSR count). The third-order valence-electron chi connectivity index (χ3n) is 4.75. The molecule has 2 heterocycles. The molecule has 0 fully saturated rings. The van der Waals surface area contributed by atoms with Crippen LogP contribution in [0.3, 0.4) is 0 Å². The number of thiazole rings is 1. The highest BCUT2D eigenvalue weighted by atomic mass is 32.2. The molecule has 4 aromatic rings. The maximum Gasteiger partial charge on any atom is 0.337 e. The molecule has 0 saturated heterocycles. The van der Waals surface area contributed by atoms with Crippen molar-refractivity contribution in [2.24, 2.45) is 0 Å². The number of benzene rings is 2. The van der Waals surface area contributed by atoms with Gasteiger partial charge in [-0.2, -0.15) is 0 Å². The van der Waals surface area contributed by atoms with Crippen molar-refractivity contribution in [3.8, 4) is 10.6 Å². The Balaban J connectivity index is 1.33. The second-order valence-corrected chi connectivity index (χ2v) is 8.76. The van der Waals surface area contributed by atoms with E-state index >= 15 is 0 Å². The molecular weight excluding hydrogens is 430 g/mol. The molecule has 2 aromatic carbocycles. The fourth-order valence-electron chi connectivity index (χ4n) is 3.05. The summed E-state index contributed by atoms with van der Waals surface area (Å²) in [5.74, 6) is 1.25. The van der Waals surface area contributed by atoms with Gasteiger partial charge in [-0.05, 0) is 23.6 Å². The van der Waals surface area contributed by atoms with Crippen molar-refractivity contribution < 1.29 is 13.9 Å². The van der Waals surface area contributed by atoms with E-state index in [0.717, 1.165) is 16.3 Å². The fourth-order valence-corrected chi connectivity index (χ4v) is 4.65. The van der Waals surface area contributed by atoms with Gasteiger partial charge in [-0.15, -0.1) is 21.5 Å². The van der Waals surface area contributed by atoms with Gasteiger partial charge in [-0.1, -0.05) is 61.2 Å². The van der Waals surface area contributed by atoms with E-state index in [-0.39, 0.29) is 5.97 Å². The lowest BCUT2D eigenvalue weighted by atomic mass is 9.98. The van der Waals surface area contributed by atoms with Gasteiger partial charge in [0.05, 0.1) is 18.4 Å². The summed E-state index contributed by atoms with van der Waals surface area (Å²) in [6.07, 6.45) is 0.708. The lowest BCUT2D eigenvalue weighted by molar-refractivity contribution is 0.0600. The highest BCUT2D eigenvalue weighted by molar-refractivity contribution is 7.98. The van der Waals surface area contributed by atoms with Crippen LogP contribution in [-0.4, -0.2) is 28.3 Å². The van der Waals surface area contributed by atoms with Crippen LogP contribution in [0.5, 0.6) is 0 Å². The molecule has 0 spiro atoms. The largest absolute Gasteiger partial charge is 0.465 e. The first kappa shape index (κ1) is 21.3. The summed E-state index contributed by atoms with van der Waals surface area (Å²) in [5.41, 5.74) is 3.68. The van der Waals surface area contributed by atoms with E-state index in [1.165, 1.54) is 24.4 Å². The number of methoxy groups -OCH3 is 1. The van der Waals surface area contributed by atoms with Crippen LogP contribution in [0, 0.1) is 0 Å². The van der Waals surface area contributed by atoms with Crippen molar-refractivity contribution in [3.63, 3.8) is 0 Å². The topological polar surface area (TPSA) is 78.1 Å². The Labute approximate surface area is 188 Å². The second kappa shape index (κ2) is 9.89. The molecule has 0 saturated carbocycles. The number of aromatic nitrogens is 3. The maximum atomic E-state index is 11.6. The zero-order chi connectivity index (χ0) is 21.6. The zero-order valence-electron chi connectivity index (χ0n) is 17.1. The average Bonchev–Trinajstić information content (AvgIpc) is 3.47. The molecule has 1 unspecified atom stereocenters. The van der Waals surface area contributed by atoms with Crippen molar-refractivity contribution in [3.05, 3.63) is 82.7 Å². The number of nitrogens with zero attached hydrogens (tertiary/aromatic N) is 3. The van der Waals surface area contributed by atoms with Crippen LogP contribution in [0.1, 0.15) is 40.3 Å². The minimum absolute atomic E-state index is 0.311. The van der Waals surface area contributed by atoms with Crippen molar-refractivity contribution in [1.82, 2.24) is 15.2 Å². The van der Waals surface area contributed by atoms with Gasteiger partial charge in [0, 0.05) is 23.1 Å². The Morgan fingerprint density at radius 2 is 1.90 bits per heavy atom. The predicted molar refractivity (Wildman–Crippen MR) is 121 cm³/mol. The molecule has 158 valence electrons. The van der Waals surface area contributed by atoms with Gasteiger partial charge in [0.25, 0.3) is 5.22 Å². The molecular formula is C23H21N3O3S2. The smallest absolute Gasteiger partial charge is 0.337 e. The Hall–Kier alpha value is -2.97. The van der Waals surface area contributed by atoms with Gasteiger partial charge in [-0.3, -0.25) is 0 Å². The van der Waals surface area contributed by atoms with E-state index in [0.29, 0.717) is 34.8 Å². The van der Waals surface area contributed by atoms with Crippen LogP contribution in [0.15, 0.2) is 69.6 Å². The average molecular weight is 452 g/mol. The number of hydrogen-bond donors (Lipinski definition) is 0. The summed E-state index contributed by atoms with van der Waals surface area (Å²) in [6.45, 7) is 2.15. The Morgan fingerprint density at radius 3 is 2.65 bits per heavy atom. The normalized spacial score (nSPS) is 11.9. The zero-order valence-corrected chi connectivity index (χ0v) is 18.8. The quantitative estimate of drug-likeness (QED) is 0.254. The fraction of sp³-hybridized carbons (Fsp3) is 0.217. The molecule has 1 atom stereocenters. The van der Waals surface area contributed by atoms with E-state index in [4.69, 9.17) is 9.15 Å². The van der Waals surface area contributed by atoms with E-state index in [1.807, 2.05) is 35.7 Å². The van der Waals surface area contributed by atoms with Crippen LogP contribution >= 0.6 is 23.1 Å². The first-order valence-electron chi connectivity index (χ1n) is 9.75. The lowest BCUT2D eigenvalue weighted by Gasteiger charge is -2.08. The van der Waals surface area contributed by atoms with Crippen LogP contribution < -0.4 is 0 Å². The molecule has 0 bridgehead atoms. The number of ether oxygens (including phenoxy) is 1. The summed E-state index contributed by atoms with van der Waals surface area (Å²) in [5, 5.41) is 11.8. The molecule has 6 nitrogen and oxygen atoms in total. The van der Waals surface area contributed by atoms with E-state index in [9.17, 15) is 4.79 Å². The number of carbonyl (C=O) groups excluding carboxylic acids is 1. The molecule has 0 aliphatic rings. The van der Waals surface area contributed by atoms with Gasteiger partial charge in [0.15, 0.2) is 0 Å². The first-order chi connectivity index (χ1) is 15.1. The third-order valence-corrected chi connectivity index (χ3v) is 6.54. The van der Waals surface area contributed by atoms with Crippen LogP contribution in [0.25, 0.3) is 10.6 Å². The molecule has 31 heavy (non-hydrogen) atoms. The van der Waals surface area contributed by atoms with Gasteiger partial charge in [-0.25, -0.2) is 9.78 Å². The standard InChI is InChI=1S/C23H21N3O3S2/c1-15(16-6-4-3-5-7-16)12-20-25-26-23(29-20)31-14-19-13-30-21(24-19)17-8-10-18(11-9-17)22(27)28-2/h3-11,13,15H,12,14H2,1-2H3. The van der Waals surface area contributed by atoms with Gasteiger partial charge >= 0.3 is 5.97 Å². The van der Waals surface area contributed by atoms with Crippen LogP contribution in [0.4, 0.5) is 0 Å². The predicted octanol–water partition coefficient (Wildman–Crippen LogP) is 5.62. The lowest BCUT2D eigenvalue weighted by Crippen LogP contribution is -2.00. The summed E-state index contributed by atoms with van der Waals surface area (Å²) in [7, 11) is 1.37. The number of hydrogen-bond acceptors (Lipinski definition) is 8. The van der Waals surface area contributed by atoms with Crippen molar-refractivity contribution >= 4 is 29.1 Å².